The van der Waals surface area contributed by atoms with Crippen LogP contribution >= 0.6 is 0 Å². The zero-order valence-electron chi connectivity index (χ0n) is 11.2. The van der Waals surface area contributed by atoms with Gasteiger partial charge in [-0.2, -0.15) is 0 Å². The number of carboxylic acid groups (broad SMARTS) is 2. The van der Waals surface area contributed by atoms with E-state index in [0.717, 1.165) is 18.2 Å². The maximum absolute atomic E-state index is 11.6. The number of hydrogen-bond donors (Lipinski definition) is 4. The third-order valence-electron chi connectivity index (χ3n) is 2.44. The van der Waals surface area contributed by atoms with Crippen molar-refractivity contribution in [2.24, 2.45) is 0 Å². The van der Waals surface area contributed by atoms with E-state index in [2.05, 4.69) is 10.6 Å². The van der Waals surface area contributed by atoms with Gasteiger partial charge in [0.1, 0.15) is 0 Å². The number of carboxylic acids is 2. The average molecular weight is 294 g/mol. The third-order valence-corrected chi connectivity index (χ3v) is 2.44. The SMILES string of the molecule is CC(=O)NCCC(=O)Nc1cc(C(=O)O)cc(C(=O)O)c1. The molecule has 0 saturated heterocycles. The third kappa shape index (κ3) is 5.31. The minimum Gasteiger partial charge on any atom is -0.478 e. The maximum atomic E-state index is 11.6. The Hall–Kier alpha value is -2.90. The van der Waals surface area contributed by atoms with E-state index < -0.39 is 17.8 Å². The summed E-state index contributed by atoms with van der Waals surface area (Å²) in [4.78, 5) is 44.1. The largest absolute Gasteiger partial charge is 0.478 e. The van der Waals surface area contributed by atoms with Gasteiger partial charge in [0.25, 0.3) is 0 Å². The standard InChI is InChI=1S/C13H14N2O6/c1-7(16)14-3-2-11(17)15-10-5-8(12(18)19)4-9(6-10)13(20)21/h4-6H,2-3H2,1H3,(H,14,16)(H,15,17)(H,18,19)(H,20,21). The summed E-state index contributed by atoms with van der Waals surface area (Å²) in [6.07, 6.45) is -0.0146. The topological polar surface area (TPSA) is 133 Å². The van der Waals surface area contributed by atoms with Gasteiger partial charge in [-0.25, -0.2) is 9.59 Å². The molecule has 0 unspecified atom stereocenters. The zero-order valence-corrected chi connectivity index (χ0v) is 11.2. The van der Waals surface area contributed by atoms with Crippen molar-refractivity contribution >= 4 is 29.4 Å². The monoisotopic (exact) mass is 294 g/mol. The lowest BCUT2D eigenvalue weighted by molar-refractivity contribution is -0.119. The Morgan fingerprint density at radius 3 is 1.95 bits per heavy atom. The first-order chi connectivity index (χ1) is 9.79. The highest BCUT2D eigenvalue weighted by molar-refractivity contribution is 5.98. The van der Waals surface area contributed by atoms with Gasteiger partial charge in [-0.1, -0.05) is 0 Å². The van der Waals surface area contributed by atoms with E-state index >= 15 is 0 Å². The van der Waals surface area contributed by atoms with E-state index in [1.165, 1.54) is 6.92 Å². The highest BCUT2D eigenvalue weighted by Gasteiger charge is 2.12. The second-order valence-corrected chi connectivity index (χ2v) is 4.19. The van der Waals surface area contributed by atoms with Gasteiger partial charge in [0.15, 0.2) is 0 Å². The van der Waals surface area contributed by atoms with E-state index in [4.69, 9.17) is 10.2 Å². The molecule has 0 aliphatic carbocycles. The van der Waals surface area contributed by atoms with Crippen molar-refractivity contribution in [2.45, 2.75) is 13.3 Å². The maximum Gasteiger partial charge on any atom is 0.335 e. The first kappa shape index (κ1) is 16.2. The first-order valence-corrected chi connectivity index (χ1v) is 5.95. The second-order valence-electron chi connectivity index (χ2n) is 4.19. The van der Waals surface area contributed by atoms with E-state index in [9.17, 15) is 19.2 Å². The van der Waals surface area contributed by atoms with Gasteiger partial charge in [0, 0.05) is 25.6 Å². The smallest absolute Gasteiger partial charge is 0.335 e. The molecule has 0 bridgehead atoms. The van der Waals surface area contributed by atoms with Crippen LogP contribution in [0, 0.1) is 0 Å². The van der Waals surface area contributed by atoms with Crippen molar-refractivity contribution < 1.29 is 29.4 Å². The van der Waals surface area contributed by atoms with Crippen LogP contribution in [0.5, 0.6) is 0 Å². The predicted molar refractivity (Wildman–Crippen MR) is 72.3 cm³/mol. The van der Waals surface area contributed by atoms with Gasteiger partial charge < -0.3 is 20.8 Å². The Labute approximate surface area is 119 Å². The normalized spacial score (nSPS) is 9.76. The Morgan fingerprint density at radius 2 is 1.52 bits per heavy atom. The van der Waals surface area contributed by atoms with Crippen molar-refractivity contribution in [1.29, 1.82) is 0 Å². The number of amides is 2. The molecular formula is C13H14N2O6. The van der Waals surface area contributed by atoms with E-state index in [1.54, 1.807) is 0 Å². The van der Waals surface area contributed by atoms with Crippen molar-refractivity contribution in [3.63, 3.8) is 0 Å². The van der Waals surface area contributed by atoms with Crippen LogP contribution in [0.3, 0.4) is 0 Å². The molecule has 0 heterocycles. The Balaban J connectivity index is 2.82. The molecule has 0 aliphatic rings. The minimum absolute atomic E-state index is 0.0146. The number of hydrogen-bond acceptors (Lipinski definition) is 4. The predicted octanol–water partition coefficient (Wildman–Crippen LogP) is 0.548. The molecule has 0 spiro atoms. The molecule has 112 valence electrons. The Bertz CT molecular complexity index is 564. The van der Waals surface area contributed by atoms with Crippen LogP contribution in [0.1, 0.15) is 34.1 Å². The molecule has 0 aromatic heterocycles. The fourth-order valence-electron chi connectivity index (χ4n) is 1.52. The van der Waals surface area contributed by atoms with Crippen LogP contribution in [0.2, 0.25) is 0 Å². The fourth-order valence-corrected chi connectivity index (χ4v) is 1.52. The van der Waals surface area contributed by atoms with Crippen LogP contribution in [-0.2, 0) is 9.59 Å². The Morgan fingerprint density at radius 1 is 1.00 bits per heavy atom. The first-order valence-electron chi connectivity index (χ1n) is 5.95. The molecular weight excluding hydrogens is 280 g/mol. The Kier molecular flexibility index (Phi) is 5.41. The summed E-state index contributed by atoms with van der Waals surface area (Å²) in [5.74, 6) is -3.34. The lowest BCUT2D eigenvalue weighted by Gasteiger charge is -2.08. The van der Waals surface area contributed by atoms with Crippen molar-refractivity contribution in [1.82, 2.24) is 5.32 Å². The summed E-state index contributed by atoms with van der Waals surface area (Å²) in [5.41, 5.74) is -0.417. The van der Waals surface area contributed by atoms with Crippen LogP contribution in [0.25, 0.3) is 0 Å². The molecule has 1 aromatic rings. The molecule has 0 radical (unpaired) electrons. The molecule has 1 aromatic carbocycles. The minimum atomic E-state index is -1.30. The number of carbonyl (C=O) groups is 4. The lowest BCUT2D eigenvalue weighted by Crippen LogP contribution is -2.25. The number of rotatable bonds is 6. The van der Waals surface area contributed by atoms with Gasteiger partial charge in [-0.15, -0.1) is 0 Å². The average Bonchev–Trinajstić information content (AvgIpc) is 2.37. The van der Waals surface area contributed by atoms with Crippen molar-refractivity contribution in [3.05, 3.63) is 29.3 Å². The van der Waals surface area contributed by atoms with Crippen molar-refractivity contribution in [3.8, 4) is 0 Å². The molecule has 21 heavy (non-hydrogen) atoms. The molecule has 0 saturated carbocycles. The summed E-state index contributed by atoms with van der Waals surface area (Å²) in [6.45, 7) is 1.44. The molecule has 8 nitrogen and oxygen atoms in total. The molecule has 0 atom stereocenters. The number of benzene rings is 1. The van der Waals surface area contributed by atoms with E-state index in [1.807, 2.05) is 0 Å². The van der Waals surface area contributed by atoms with E-state index in [0.29, 0.717) is 0 Å². The number of aromatic carboxylic acids is 2. The van der Waals surface area contributed by atoms with Gasteiger partial charge in [0.2, 0.25) is 11.8 Å². The van der Waals surface area contributed by atoms with Crippen molar-refractivity contribution in [2.75, 3.05) is 11.9 Å². The highest BCUT2D eigenvalue weighted by atomic mass is 16.4. The summed E-state index contributed by atoms with van der Waals surface area (Å²) >= 11 is 0. The highest BCUT2D eigenvalue weighted by Crippen LogP contribution is 2.15. The lowest BCUT2D eigenvalue weighted by atomic mass is 10.1. The zero-order chi connectivity index (χ0) is 16.0. The summed E-state index contributed by atoms with van der Waals surface area (Å²) in [7, 11) is 0. The molecule has 0 fully saturated rings. The van der Waals surface area contributed by atoms with Crippen LogP contribution < -0.4 is 10.6 Å². The molecule has 2 amide bonds. The summed E-state index contributed by atoms with van der Waals surface area (Å²) in [6, 6.07) is 3.31. The molecule has 4 N–H and O–H groups in total. The van der Waals surface area contributed by atoms with E-state index in [-0.39, 0.29) is 35.7 Å². The quantitative estimate of drug-likeness (QED) is 0.605. The van der Waals surface area contributed by atoms with Gasteiger partial charge in [-0.05, 0) is 18.2 Å². The van der Waals surface area contributed by atoms with Gasteiger partial charge in [-0.3, -0.25) is 9.59 Å². The summed E-state index contributed by atoms with van der Waals surface area (Å²) in [5, 5.41) is 22.6. The van der Waals surface area contributed by atoms with Gasteiger partial charge >= 0.3 is 11.9 Å². The summed E-state index contributed by atoms with van der Waals surface area (Å²) < 4.78 is 0. The molecule has 0 aliphatic heterocycles. The van der Waals surface area contributed by atoms with Crippen LogP contribution in [0.4, 0.5) is 5.69 Å². The van der Waals surface area contributed by atoms with Gasteiger partial charge in [0.05, 0.1) is 11.1 Å². The second kappa shape index (κ2) is 7.04. The molecule has 8 heteroatoms. The van der Waals surface area contributed by atoms with Crippen LogP contribution in [0.15, 0.2) is 18.2 Å². The number of anilines is 1. The number of nitrogens with one attached hydrogen (secondary N) is 2. The fraction of sp³-hybridized carbons (Fsp3) is 0.231. The van der Waals surface area contributed by atoms with Crippen LogP contribution in [-0.4, -0.2) is 40.5 Å². The molecule has 1 rings (SSSR count). The number of carbonyl (C=O) groups excluding carboxylic acids is 2.